The van der Waals surface area contributed by atoms with Crippen molar-refractivity contribution in [3.63, 3.8) is 0 Å². The highest BCUT2D eigenvalue weighted by molar-refractivity contribution is 7.92. The zero-order valence-corrected chi connectivity index (χ0v) is 14.4. The van der Waals surface area contributed by atoms with Crippen LogP contribution in [0.5, 0.6) is 0 Å². The van der Waals surface area contributed by atoms with Crippen LogP contribution >= 0.6 is 11.6 Å². The summed E-state index contributed by atoms with van der Waals surface area (Å²) in [6, 6.07) is 8.40. The van der Waals surface area contributed by atoms with Crippen molar-refractivity contribution in [2.24, 2.45) is 7.05 Å². The number of rotatable bonds is 3. The van der Waals surface area contributed by atoms with Crippen LogP contribution in [0.3, 0.4) is 0 Å². The number of aromatic nitrogens is 3. The van der Waals surface area contributed by atoms with Gasteiger partial charge in [-0.1, -0.05) is 23.7 Å². The molecule has 0 saturated carbocycles. The third kappa shape index (κ3) is 2.77. The van der Waals surface area contributed by atoms with E-state index in [2.05, 4.69) is 14.9 Å². The Morgan fingerprint density at radius 1 is 1.13 bits per heavy atom. The van der Waals surface area contributed by atoms with Gasteiger partial charge in [0, 0.05) is 12.1 Å². The van der Waals surface area contributed by atoms with Gasteiger partial charge < -0.3 is 0 Å². The average Bonchev–Trinajstić information content (AvgIpc) is 2.86. The first-order valence-corrected chi connectivity index (χ1v) is 8.74. The Morgan fingerprint density at radius 3 is 2.61 bits per heavy atom. The topological polar surface area (TPSA) is 76.9 Å². The van der Waals surface area contributed by atoms with Gasteiger partial charge in [0.15, 0.2) is 0 Å². The van der Waals surface area contributed by atoms with Crippen molar-refractivity contribution in [1.29, 1.82) is 0 Å². The molecule has 3 rings (SSSR count). The normalized spacial score (nSPS) is 11.8. The number of benzene rings is 2. The molecular weight excluding hydrogens is 336 g/mol. The molecule has 0 saturated heterocycles. The van der Waals surface area contributed by atoms with Crippen molar-refractivity contribution in [1.82, 2.24) is 15.0 Å². The van der Waals surface area contributed by atoms with Crippen LogP contribution in [0.2, 0.25) is 5.02 Å². The zero-order valence-electron chi connectivity index (χ0n) is 12.8. The lowest BCUT2D eigenvalue weighted by Gasteiger charge is -2.13. The maximum absolute atomic E-state index is 12.8. The molecule has 0 aliphatic carbocycles. The molecule has 3 aromatic rings. The number of hydrogen-bond acceptors (Lipinski definition) is 4. The molecule has 0 aliphatic heterocycles. The van der Waals surface area contributed by atoms with E-state index in [1.54, 1.807) is 38.2 Å². The second-order valence-corrected chi connectivity index (χ2v) is 7.34. The molecule has 0 aliphatic rings. The van der Waals surface area contributed by atoms with E-state index < -0.39 is 10.0 Å². The van der Waals surface area contributed by atoms with Gasteiger partial charge in [-0.15, -0.1) is 0 Å². The Hall–Kier alpha value is -2.12. The molecule has 1 N–H and O–H groups in total. The first-order valence-electron chi connectivity index (χ1n) is 6.88. The van der Waals surface area contributed by atoms with Crippen LogP contribution in [0.25, 0.3) is 11.0 Å². The van der Waals surface area contributed by atoms with E-state index >= 15 is 0 Å². The molecule has 1 aromatic heterocycles. The van der Waals surface area contributed by atoms with Crippen LogP contribution in [-0.2, 0) is 17.1 Å². The average molecular weight is 351 g/mol. The largest absolute Gasteiger partial charge is 0.277 e. The van der Waals surface area contributed by atoms with Gasteiger partial charge >= 0.3 is 0 Å². The summed E-state index contributed by atoms with van der Waals surface area (Å²) in [6.45, 7) is 3.49. The van der Waals surface area contributed by atoms with Gasteiger partial charge in [0.2, 0.25) is 0 Å². The lowest BCUT2D eigenvalue weighted by Crippen LogP contribution is -2.15. The predicted molar refractivity (Wildman–Crippen MR) is 90.2 cm³/mol. The van der Waals surface area contributed by atoms with Gasteiger partial charge in [-0.3, -0.25) is 4.72 Å². The van der Waals surface area contributed by atoms with Crippen molar-refractivity contribution >= 4 is 38.3 Å². The van der Waals surface area contributed by atoms with E-state index in [-0.39, 0.29) is 4.90 Å². The van der Waals surface area contributed by atoms with Gasteiger partial charge in [-0.05, 0) is 43.2 Å². The quantitative estimate of drug-likeness (QED) is 0.787. The summed E-state index contributed by atoms with van der Waals surface area (Å²) in [5.41, 5.74) is 2.83. The van der Waals surface area contributed by atoms with Gasteiger partial charge in [0.25, 0.3) is 10.0 Å². The molecule has 6 nitrogen and oxygen atoms in total. The van der Waals surface area contributed by atoms with E-state index in [1.807, 2.05) is 6.92 Å². The lowest BCUT2D eigenvalue weighted by molar-refractivity contribution is 0.600. The summed E-state index contributed by atoms with van der Waals surface area (Å²) in [5.74, 6) is 0. The summed E-state index contributed by atoms with van der Waals surface area (Å²) in [7, 11) is -2.09. The Labute approximate surface area is 139 Å². The standard InChI is InChI=1S/C15H15ClN4O2S/c1-9-7-8-12-15(18-20(3)17-12)14(9)19-23(21,22)13-6-4-5-11(16)10(13)2/h4-8,19H,1-3H3. The molecule has 0 bridgehead atoms. The van der Waals surface area contributed by atoms with E-state index in [0.29, 0.717) is 27.3 Å². The number of nitrogens with one attached hydrogen (secondary N) is 1. The van der Waals surface area contributed by atoms with Crippen molar-refractivity contribution < 1.29 is 8.42 Å². The highest BCUT2D eigenvalue weighted by Crippen LogP contribution is 2.29. The third-order valence-corrected chi connectivity index (χ3v) is 5.51. The minimum Gasteiger partial charge on any atom is -0.277 e. The molecule has 120 valence electrons. The van der Waals surface area contributed by atoms with Crippen LogP contribution in [0.1, 0.15) is 11.1 Å². The van der Waals surface area contributed by atoms with Crippen LogP contribution in [-0.4, -0.2) is 23.4 Å². The smallest absolute Gasteiger partial charge is 0.262 e. The second kappa shape index (κ2) is 5.50. The molecule has 0 atom stereocenters. The first-order chi connectivity index (χ1) is 10.8. The Bertz CT molecular complexity index is 1010. The Morgan fingerprint density at radius 2 is 1.87 bits per heavy atom. The molecule has 8 heteroatoms. The summed E-state index contributed by atoms with van der Waals surface area (Å²) in [4.78, 5) is 1.55. The van der Waals surface area contributed by atoms with Crippen LogP contribution in [0, 0.1) is 13.8 Å². The maximum atomic E-state index is 12.8. The van der Waals surface area contributed by atoms with Crippen molar-refractivity contribution in [3.8, 4) is 0 Å². The van der Waals surface area contributed by atoms with E-state index in [9.17, 15) is 8.42 Å². The minimum absolute atomic E-state index is 0.144. The van der Waals surface area contributed by atoms with Gasteiger partial charge in [0.05, 0.1) is 10.6 Å². The minimum atomic E-state index is -3.78. The number of nitrogens with zero attached hydrogens (tertiary/aromatic N) is 3. The highest BCUT2D eigenvalue weighted by atomic mass is 35.5. The van der Waals surface area contributed by atoms with Crippen molar-refractivity contribution in [2.45, 2.75) is 18.7 Å². The SMILES string of the molecule is Cc1ccc2nn(C)nc2c1NS(=O)(=O)c1cccc(Cl)c1C. The lowest BCUT2D eigenvalue weighted by atomic mass is 10.2. The Kier molecular flexibility index (Phi) is 3.77. The number of anilines is 1. The van der Waals surface area contributed by atoms with Crippen molar-refractivity contribution in [2.75, 3.05) is 4.72 Å². The summed E-state index contributed by atoms with van der Waals surface area (Å²) < 4.78 is 28.1. The molecule has 0 amide bonds. The second-order valence-electron chi connectivity index (χ2n) is 5.28. The van der Waals surface area contributed by atoms with Gasteiger partial charge in [-0.2, -0.15) is 15.0 Å². The molecule has 0 unspecified atom stereocenters. The predicted octanol–water partition coefficient (Wildman–Crippen LogP) is 3.04. The summed E-state index contributed by atoms with van der Waals surface area (Å²) in [5, 5.41) is 8.85. The molecule has 1 heterocycles. The molecular formula is C15H15ClN4O2S. The van der Waals surface area contributed by atoms with E-state index in [4.69, 9.17) is 11.6 Å². The van der Waals surface area contributed by atoms with Gasteiger partial charge in [0.1, 0.15) is 11.0 Å². The van der Waals surface area contributed by atoms with Crippen molar-refractivity contribution in [3.05, 3.63) is 46.5 Å². The number of fused-ring (bicyclic) bond motifs is 1. The van der Waals surface area contributed by atoms with E-state index in [0.717, 1.165) is 5.56 Å². The summed E-state index contributed by atoms with van der Waals surface area (Å²) in [6.07, 6.45) is 0. The fourth-order valence-electron chi connectivity index (χ4n) is 2.38. The zero-order chi connectivity index (χ0) is 16.8. The fraction of sp³-hybridized carbons (Fsp3) is 0.200. The molecule has 2 aromatic carbocycles. The van der Waals surface area contributed by atoms with Gasteiger partial charge in [-0.25, -0.2) is 8.42 Å². The Balaban J connectivity index is 2.14. The van der Waals surface area contributed by atoms with Crippen LogP contribution in [0.4, 0.5) is 5.69 Å². The fourth-order valence-corrected chi connectivity index (χ4v) is 4.02. The molecule has 0 fully saturated rings. The van der Waals surface area contributed by atoms with E-state index in [1.165, 1.54) is 10.9 Å². The first kappa shape index (κ1) is 15.8. The van der Waals surface area contributed by atoms with Crippen LogP contribution < -0.4 is 4.72 Å². The van der Waals surface area contributed by atoms with Crippen LogP contribution in [0.15, 0.2) is 35.2 Å². The monoisotopic (exact) mass is 350 g/mol. The molecule has 0 radical (unpaired) electrons. The number of hydrogen-bond donors (Lipinski definition) is 1. The summed E-state index contributed by atoms with van der Waals surface area (Å²) >= 11 is 6.03. The number of halogens is 1. The highest BCUT2D eigenvalue weighted by Gasteiger charge is 2.21. The number of aryl methyl sites for hydroxylation is 2. The molecule has 23 heavy (non-hydrogen) atoms. The number of sulfonamides is 1. The molecule has 0 spiro atoms. The maximum Gasteiger partial charge on any atom is 0.262 e. The third-order valence-electron chi connectivity index (χ3n) is 3.61.